The summed E-state index contributed by atoms with van der Waals surface area (Å²) >= 11 is 0. The van der Waals surface area contributed by atoms with Crippen LogP contribution in [0.15, 0.2) is 91.0 Å². The molecule has 0 N–H and O–H groups in total. The van der Waals surface area contributed by atoms with Gasteiger partial charge in [0.15, 0.2) is 0 Å². The molecule has 0 atom stereocenters. The molecule has 2 aliphatic rings. The van der Waals surface area contributed by atoms with Gasteiger partial charge in [-0.05, 0) is 60.9 Å². The number of hydrogen-bond acceptors (Lipinski definition) is 1. The van der Waals surface area contributed by atoms with Crippen LogP contribution in [0, 0.1) is 0 Å². The average Bonchev–Trinajstić information content (AvgIpc) is 3.55. The molecule has 4 heteroatoms. The number of carbonyl (C=O) groups excluding carboxylic acids is 1. The highest BCUT2D eigenvalue weighted by Crippen LogP contribution is 2.40. The molecule has 4 nitrogen and oxygen atoms in total. The predicted octanol–water partition coefficient (Wildman–Crippen LogP) is 7.27. The van der Waals surface area contributed by atoms with E-state index in [4.69, 9.17) is 0 Å². The lowest BCUT2D eigenvalue weighted by Crippen LogP contribution is -2.17. The van der Waals surface area contributed by atoms with Gasteiger partial charge in [0.25, 0.3) is 5.91 Å². The first-order valence-electron chi connectivity index (χ1n) is 12.9. The van der Waals surface area contributed by atoms with Crippen LogP contribution >= 0.6 is 0 Å². The number of benzene rings is 4. The molecule has 1 amide bonds. The Labute approximate surface area is 214 Å². The number of aromatic nitrogens is 2. The SMILES string of the molecule is CN1Cc2cc(-n3c4c(c5ccccc53)C=C(n3c5ccccc5c5ccccc53)CC4)ccc2C1=O. The number of rotatable bonds is 2. The summed E-state index contributed by atoms with van der Waals surface area (Å²) in [5.41, 5.74) is 10.8. The van der Waals surface area contributed by atoms with Gasteiger partial charge in [0.1, 0.15) is 0 Å². The Morgan fingerprint density at radius 1 is 0.676 bits per heavy atom. The zero-order valence-electron chi connectivity index (χ0n) is 20.6. The molecule has 4 aromatic carbocycles. The third kappa shape index (κ3) is 2.81. The van der Waals surface area contributed by atoms with Crippen molar-refractivity contribution in [1.82, 2.24) is 14.0 Å². The van der Waals surface area contributed by atoms with Crippen molar-refractivity contribution in [3.63, 3.8) is 0 Å². The number of carbonyl (C=O) groups is 1. The normalized spacial score (nSPS) is 15.0. The summed E-state index contributed by atoms with van der Waals surface area (Å²) < 4.78 is 4.86. The van der Waals surface area contributed by atoms with E-state index in [2.05, 4.69) is 100 Å². The molecule has 178 valence electrons. The number of hydrogen-bond donors (Lipinski definition) is 0. The van der Waals surface area contributed by atoms with E-state index in [0.29, 0.717) is 6.54 Å². The first kappa shape index (κ1) is 20.6. The van der Waals surface area contributed by atoms with Gasteiger partial charge in [0, 0.05) is 58.0 Å². The van der Waals surface area contributed by atoms with Crippen LogP contribution in [-0.2, 0) is 13.0 Å². The van der Waals surface area contributed by atoms with Crippen LogP contribution in [0.5, 0.6) is 0 Å². The van der Waals surface area contributed by atoms with E-state index in [1.165, 1.54) is 49.7 Å². The molecule has 0 saturated heterocycles. The Balaban J connectivity index is 1.36. The van der Waals surface area contributed by atoms with E-state index in [1.807, 2.05) is 13.1 Å². The zero-order valence-corrected chi connectivity index (χ0v) is 20.6. The summed E-state index contributed by atoms with van der Waals surface area (Å²) in [6.07, 6.45) is 4.31. The van der Waals surface area contributed by atoms with Gasteiger partial charge in [0.05, 0.1) is 16.6 Å². The van der Waals surface area contributed by atoms with Crippen molar-refractivity contribution in [3.8, 4) is 5.69 Å². The number of amides is 1. The summed E-state index contributed by atoms with van der Waals surface area (Å²) in [5, 5.41) is 3.86. The fourth-order valence-corrected chi connectivity index (χ4v) is 6.51. The largest absolute Gasteiger partial charge is 0.337 e. The van der Waals surface area contributed by atoms with Crippen LogP contribution in [-0.4, -0.2) is 27.0 Å². The minimum absolute atomic E-state index is 0.111. The van der Waals surface area contributed by atoms with Crippen molar-refractivity contribution in [1.29, 1.82) is 0 Å². The van der Waals surface area contributed by atoms with E-state index >= 15 is 0 Å². The number of nitrogens with zero attached hydrogens (tertiary/aromatic N) is 3. The summed E-state index contributed by atoms with van der Waals surface area (Å²) in [6.45, 7) is 0.668. The third-order valence-corrected chi connectivity index (χ3v) is 8.14. The van der Waals surface area contributed by atoms with Crippen LogP contribution in [0.3, 0.4) is 0 Å². The van der Waals surface area contributed by atoms with Crippen LogP contribution in [0.25, 0.3) is 50.2 Å². The van der Waals surface area contributed by atoms with Crippen LogP contribution in [0.2, 0.25) is 0 Å². The molecule has 6 aromatic rings. The third-order valence-electron chi connectivity index (χ3n) is 8.14. The standard InChI is InChI=1S/C33H25N3O/c1-34-20-21-18-22(14-16-24(21)33(34)37)35-31-13-7-4-10-27(31)28-19-23(15-17-32(28)35)36-29-11-5-2-8-25(29)26-9-3-6-12-30(26)36/h2-14,16,18-19H,15,17,20H2,1H3. The van der Waals surface area contributed by atoms with Crippen LogP contribution < -0.4 is 0 Å². The maximum Gasteiger partial charge on any atom is 0.254 e. The first-order chi connectivity index (χ1) is 18.2. The second-order valence-corrected chi connectivity index (χ2v) is 10.2. The average molecular weight is 480 g/mol. The zero-order chi connectivity index (χ0) is 24.7. The summed E-state index contributed by atoms with van der Waals surface area (Å²) in [6, 6.07) is 32.5. The number of allylic oxidation sites excluding steroid dienone is 1. The summed E-state index contributed by atoms with van der Waals surface area (Å²) in [4.78, 5) is 14.3. The van der Waals surface area contributed by atoms with Gasteiger partial charge in [-0.3, -0.25) is 4.79 Å². The van der Waals surface area contributed by atoms with Gasteiger partial charge in [-0.25, -0.2) is 0 Å². The van der Waals surface area contributed by atoms with E-state index < -0.39 is 0 Å². The molecular weight excluding hydrogens is 454 g/mol. The van der Waals surface area contributed by atoms with Gasteiger partial charge in [-0.15, -0.1) is 0 Å². The Kier molecular flexibility index (Phi) is 4.16. The molecule has 2 aromatic heterocycles. The van der Waals surface area contributed by atoms with E-state index in [1.54, 1.807) is 4.90 Å². The Hall–Kier alpha value is -4.57. The quantitative estimate of drug-likeness (QED) is 0.257. The molecule has 1 aliphatic carbocycles. The molecular formula is C33H25N3O. The van der Waals surface area contributed by atoms with E-state index in [9.17, 15) is 4.79 Å². The van der Waals surface area contributed by atoms with Gasteiger partial charge < -0.3 is 14.0 Å². The Morgan fingerprint density at radius 2 is 1.30 bits per heavy atom. The maximum absolute atomic E-state index is 12.5. The van der Waals surface area contributed by atoms with Gasteiger partial charge >= 0.3 is 0 Å². The van der Waals surface area contributed by atoms with Crippen LogP contribution in [0.1, 0.15) is 33.6 Å². The second-order valence-electron chi connectivity index (χ2n) is 10.2. The van der Waals surface area contributed by atoms with Gasteiger partial charge in [-0.2, -0.15) is 0 Å². The molecule has 8 rings (SSSR count). The minimum Gasteiger partial charge on any atom is -0.337 e. The summed E-state index contributed by atoms with van der Waals surface area (Å²) in [7, 11) is 1.87. The topological polar surface area (TPSA) is 30.2 Å². The predicted molar refractivity (Wildman–Crippen MR) is 151 cm³/mol. The molecule has 0 saturated carbocycles. The van der Waals surface area contributed by atoms with Crippen molar-refractivity contribution in [2.24, 2.45) is 0 Å². The maximum atomic E-state index is 12.5. The Bertz CT molecular complexity index is 1900. The fourth-order valence-electron chi connectivity index (χ4n) is 6.51. The molecule has 0 radical (unpaired) electrons. The van der Waals surface area contributed by atoms with Crippen molar-refractivity contribution in [3.05, 3.63) is 113 Å². The van der Waals surface area contributed by atoms with Gasteiger partial charge in [0.2, 0.25) is 0 Å². The molecule has 0 bridgehead atoms. The number of para-hydroxylation sites is 3. The molecule has 3 heterocycles. The minimum atomic E-state index is 0.111. The monoisotopic (exact) mass is 479 g/mol. The molecule has 0 spiro atoms. The second kappa shape index (κ2) is 7.47. The molecule has 0 fully saturated rings. The lowest BCUT2D eigenvalue weighted by molar-refractivity contribution is 0.0816. The lowest BCUT2D eigenvalue weighted by atomic mass is 9.99. The highest BCUT2D eigenvalue weighted by Gasteiger charge is 2.27. The van der Waals surface area contributed by atoms with Crippen molar-refractivity contribution in [2.75, 3.05) is 7.05 Å². The Morgan fingerprint density at radius 3 is 2.00 bits per heavy atom. The lowest BCUT2D eigenvalue weighted by Gasteiger charge is -2.20. The highest BCUT2D eigenvalue weighted by molar-refractivity contribution is 6.11. The van der Waals surface area contributed by atoms with Crippen molar-refractivity contribution < 1.29 is 4.79 Å². The summed E-state index contributed by atoms with van der Waals surface area (Å²) in [5.74, 6) is 0.111. The molecule has 37 heavy (non-hydrogen) atoms. The highest BCUT2D eigenvalue weighted by atomic mass is 16.2. The smallest absolute Gasteiger partial charge is 0.254 e. The molecule has 1 aliphatic heterocycles. The first-order valence-corrected chi connectivity index (χ1v) is 12.9. The van der Waals surface area contributed by atoms with Crippen molar-refractivity contribution >= 4 is 50.4 Å². The van der Waals surface area contributed by atoms with Crippen LogP contribution in [0.4, 0.5) is 0 Å². The molecule has 0 unspecified atom stereocenters. The number of fused-ring (bicyclic) bond motifs is 7. The van der Waals surface area contributed by atoms with Gasteiger partial charge in [-0.1, -0.05) is 54.6 Å². The fraction of sp³-hybridized carbons (Fsp3) is 0.121. The van der Waals surface area contributed by atoms with E-state index in [-0.39, 0.29) is 5.91 Å². The van der Waals surface area contributed by atoms with E-state index in [0.717, 1.165) is 29.7 Å². The van der Waals surface area contributed by atoms with Crippen molar-refractivity contribution in [2.45, 2.75) is 19.4 Å².